The molecule has 0 aromatic heterocycles. The van der Waals surface area contributed by atoms with Gasteiger partial charge in [-0.25, -0.2) is 0 Å². The average molecular weight is 217 g/mol. The molecule has 0 aromatic rings. The van der Waals surface area contributed by atoms with Crippen LogP contribution in [-0.2, 0) is 0 Å². The van der Waals surface area contributed by atoms with Crippen molar-refractivity contribution in [2.75, 3.05) is 19.7 Å². The Kier molecular flexibility index (Phi) is 7.07. The number of nitrogens with zero attached hydrogens (tertiary/aromatic N) is 1. The molecule has 0 fully saturated rings. The smallest absolute Gasteiger partial charge is 0.140 e. The summed E-state index contributed by atoms with van der Waals surface area (Å²) in [6, 6.07) is 0. The SMILES string of the molecule is CCC(CC)(CO)CNCCC(N)=NO. The lowest BCUT2D eigenvalue weighted by molar-refractivity contribution is 0.113. The van der Waals surface area contributed by atoms with Crippen molar-refractivity contribution in [3.05, 3.63) is 0 Å². The molecule has 5 nitrogen and oxygen atoms in total. The lowest BCUT2D eigenvalue weighted by Gasteiger charge is -2.29. The normalized spacial score (nSPS) is 13.1. The van der Waals surface area contributed by atoms with E-state index in [2.05, 4.69) is 24.3 Å². The van der Waals surface area contributed by atoms with Crippen LogP contribution in [-0.4, -0.2) is 35.8 Å². The van der Waals surface area contributed by atoms with Gasteiger partial charge in [0.05, 0.1) is 0 Å². The van der Waals surface area contributed by atoms with Crippen molar-refractivity contribution in [1.29, 1.82) is 0 Å². The number of amidine groups is 1. The van der Waals surface area contributed by atoms with E-state index in [9.17, 15) is 5.11 Å². The molecule has 0 amide bonds. The van der Waals surface area contributed by atoms with Crippen molar-refractivity contribution in [3.8, 4) is 0 Å². The minimum atomic E-state index is -0.0366. The van der Waals surface area contributed by atoms with E-state index < -0.39 is 0 Å². The largest absolute Gasteiger partial charge is 0.409 e. The van der Waals surface area contributed by atoms with Crippen LogP contribution in [0.5, 0.6) is 0 Å². The van der Waals surface area contributed by atoms with E-state index in [0.29, 0.717) is 13.0 Å². The minimum Gasteiger partial charge on any atom is -0.409 e. The fraction of sp³-hybridized carbons (Fsp3) is 0.900. The number of nitrogens with two attached hydrogens (primary N) is 1. The summed E-state index contributed by atoms with van der Waals surface area (Å²) in [7, 11) is 0. The highest BCUT2D eigenvalue weighted by Crippen LogP contribution is 2.24. The third-order valence-electron chi connectivity index (χ3n) is 3.02. The number of hydrogen-bond donors (Lipinski definition) is 4. The molecule has 0 aromatic carbocycles. The fourth-order valence-corrected chi connectivity index (χ4v) is 1.40. The average Bonchev–Trinajstić information content (AvgIpc) is 2.30. The highest BCUT2D eigenvalue weighted by molar-refractivity contribution is 5.79. The third kappa shape index (κ3) is 4.99. The summed E-state index contributed by atoms with van der Waals surface area (Å²) in [4.78, 5) is 0. The summed E-state index contributed by atoms with van der Waals surface area (Å²) in [6.45, 7) is 5.76. The van der Waals surface area contributed by atoms with Crippen LogP contribution in [0.3, 0.4) is 0 Å². The van der Waals surface area contributed by atoms with Gasteiger partial charge in [0, 0.05) is 31.5 Å². The van der Waals surface area contributed by atoms with E-state index >= 15 is 0 Å². The fourth-order valence-electron chi connectivity index (χ4n) is 1.40. The Morgan fingerprint density at radius 2 is 2.00 bits per heavy atom. The first-order chi connectivity index (χ1) is 7.14. The maximum absolute atomic E-state index is 9.30. The van der Waals surface area contributed by atoms with Gasteiger partial charge in [-0.1, -0.05) is 19.0 Å². The molecule has 0 saturated carbocycles. The van der Waals surface area contributed by atoms with Gasteiger partial charge in [-0.3, -0.25) is 0 Å². The zero-order chi connectivity index (χ0) is 11.7. The maximum atomic E-state index is 9.30. The van der Waals surface area contributed by atoms with Gasteiger partial charge in [-0.2, -0.15) is 0 Å². The summed E-state index contributed by atoms with van der Waals surface area (Å²) in [5, 5.41) is 23.7. The predicted molar refractivity (Wildman–Crippen MR) is 61.0 cm³/mol. The molecule has 0 radical (unpaired) electrons. The van der Waals surface area contributed by atoms with Gasteiger partial charge in [-0.15, -0.1) is 0 Å². The number of nitrogens with one attached hydrogen (secondary N) is 1. The molecular formula is C10H23N3O2. The summed E-state index contributed by atoms with van der Waals surface area (Å²) >= 11 is 0. The second-order valence-corrected chi connectivity index (χ2v) is 3.88. The number of oxime groups is 1. The van der Waals surface area contributed by atoms with E-state index in [1.165, 1.54) is 0 Å². The summed E-state index contributed by atoms with van der Waals surface area (Å²) < 4.78 is 0. The second kappa shape index (κ2) is 7.48. The Labute approximate surface area is 91.4 Å². The van der Waals surface area contributed by atoms with Crippen molar-refractivity contribution >= 4 is 5.84 Å². The van der Waals surface area contributed by atoms with Crippen molar-refractivity contribution in [3.63, 3.8) is 0 Å². The molecule has 0 rings (SSSR count). The van der Waals surface area contributed by atoms with Crippen LogP contribution in [0.25, 0.3) is 0 Å². The Morgan fingerprint density at radius 3 is 2.40 bits per heavy atom. The molecule has 0 heterocycles. The summed E-state index contributed by atoms with van der Waals surface area (Å²) in [5.74, 6) is 0.227. The topological polar surface area (TPSA) is 90.9 Å². The predicted octanol–water partition coefficient (Wildman–Crippen LogP) is 0.511. The zero-order valence-electron chi connectivity index (χ0n) is 9.66. The Hall–Kier alpha value is -0.810. The third-order valence-corrected chi connectivity index (χ3v) is 3.02. The molecule has 0 aliphatic rings. The minimum absolute atomic E-state index is 0.0366. The molecule has 0 unspecified atom stereocenters. The first kappa shape index (κ1) is 14.2. The Morgan fingerprint density at radius 1 is 1.40 bits per heavy atom. The molecule has 0 spiro atoms. The lowest BCUT2D eigenvalue weighted by Crippen LogP contribution is -2.37. The van der Waals surface area contributed by atoms with Gasteiger partial charge in [0.25, 0.3) is 0 Å². The first-order valence-electron chi connectivity index (χ1n) is 5.42. The van der Waals surface area contributed by atoms with E-state index in [1.54, 1.807) is 0 Å². The molecule has 90 valence electrons. The monoisotopic (exact) mass is 217 g/mol. The molecule has 5 N–H and O–H groups in total. The van der Waals surface area contributed by atoms with Crippen LogP contribution in [0.4, 0.5) is 0 Å². The van der Waals surface area contributed by atoms with Gasteiger partial charge in [0.2, 0.25) is 0 Å². The van der Waals surface area contributed by atoms with Gasteiger partial charge in [0.15, 0.2) is 0 Å². The second-order valence-electron chi connectivity index (χ2n) is 3.88. The number of aliphatic hydroxyl groups excluding tert-OH is 1. The van der Waals surface area contributed by atoms with Gasteiger partial charge >= 0.3 is 0 Å². The van der Waals surface area contributed by atoms with Crippen molar-refractivity contribution in [2.24, 2.45) is 16.3 Å². The van der Waals surface area contributed by atoms with Gasteiger partial charge < -0.3 is 21.4 Å². The lowest BCUT2D eigenvalue weighted by atomic mass is 9.83. The van der Waals surface area contributed by atoms with Gasteiger partial charge in [0.1, 0.15) is 5.84 Å². The summed E-state index contributed by atoms with van der Waals surface area (Å²) in [5.41, 5.74) is 5.29. The quantitative estimate of drug-likeness (QED) is 0.157. The zero-order valence-corrected chi connectivity index (χ0v) is 9.66. The Balaban J connectivity index is 3.81. The number of rotatable bonds is 8. The van der Waals surface area contributed by atoms with Crippen LogP contribution in [0.2, 0.25) is 0 Å². The highest BCUT2D eigenvalue weighted by Gasteiger charge is 2.24. The first-order valence-corrected chi connectivity index (χ1v) is 5.42. The van der Waals surface area contributed by atoms with E-state index in [-0.39, 0.29) is 17.9 Å². The molecule has 0 saturated heterocycles. The molecule has 15 heavy (non-hydrogen) atoms. The van der Waals surface area contributed by atoms with E-state index in [4.69, 9.17) is 10.9 Å². The summed E-state index contributed by atoms with van der Waals surface area (Å²) in [6.07, 6.45) is 2.40. The standard InChI is InChI=1S/C10H23N3O2/c1-3-10(4-2,8-14)7-12-6-5-9(11)13-15/h12,14-15H,3-8H2,1-2H3,(H2,11,13). The van der Waals surface area contributed by atoms with Crippen LogP contribution >= 0.6 is 0 Å². The number of aliphatic hydroxyl groups is 1. The molecule has 0 atom stereocenters. The van der Waals surface area contributed by atoms with E-state index in [1.807, 2.05) is 0 Å². The highest BCUT2D eigenvalue weighted by atomic mass is 16.4. The van der Waals surface area contributed by atoms with Crippen molar-refractivity contribution < 1.29 is 10.3 Å². The molecule has 0 bridgehead atoms. The van der Waals surface area contributed by atoms with Crippen LogP contribution in [0, 0.1) is 5.41 Å². The Bertz CT molecular complexity index is 183. The maximum Gasteiger partial charge on any atom is 0.140 e. The van der Waals surface area contributed by atoms with Crippen LogP contribution in [0.1, 0.15) is 33.1 Å². The van der Waals surface area contributed by atoms with Crippen LogP contribution < -0.4 is 11.1 Å². The number of hydrogen-bond acceptors (Lipinski definition) is 4. The van der Waals surface area contributed by atoms with E-state index in [0.717, 1.165) is 19.4 Å². The van der Waals surface area contributed by atoms with Gasteiger partial charge in [-0.05, 0) is 12.8 Å². The molecular weight excluding hydrogens is 194 g/mol. The van der Waals surface area contributed by atoms with Crippen molar-refractivity contribution in [2.45, 2.75) is 33.1 Å². The molecule has 5 heteroatoms. The molecule has 0 aliphatic carbocycles. The van der Waals surface area contributed by atoms with Crippen molar-refractivity contribution in [1.82, 2.24) is 5.32 Å². The van der Waals surface area contributed by atoms with Crippen LogP contribution in [0.15, 0.2) is 5.16 Å². The molecule has 0 aliphatic heterocycles.